The van der Waals surface area contributed by atoms with E-state index < -0.39 is 15.6 Å². The third-order valence-corrected chi connectivity index (χ3v) is 3.13. The first-order valence-corrected chi connectivity index (χ1v) is 6.49. The molecule has 0 aromatic heterocycles. The van der Waals surface area contributed by atoms with Crippen LogP contribution in [-0.4, -0.2) is 37.4 Å². The summed E-state index contributed by atoms with van der Waals surface area (Å²) < 4.78 is 22.0. The number of hydrogen-bond donors (Lipinski definition) is 4. The van der Waals surface area contributed by atoms with Crippen molar-refractivity contribution in [1.82, 2.24) is 0 Å². The SMILES string of the molecule is CC(O)(CO)CNc1ccc(S(N)(=O)=O)cc1. The van der Waals surface area contributed by atoms with Crippen LogP contribution < -0.4 is 10.5 Å². The fraction of sp³-hybridized carbons (Fsp3) is 0.400. The summed E-state index contributed by atoms with van der Waals surface area (Å²) in [5.41, 5.74) is -0.593. The fourth-order valence-corrected chi connectivity index (χ4v) is 1.63. The lowest BCUT2D eigenvalue weighted by molar-refractivity contribution is 0.0132. The van der Waals surface area contributed by atoms with E-state index >= 15 is 0 Å². The molecular weight excluding hydrogens is 244 g/mol. The van der Waals surface area contributed by atoms with Gasteiger partial charge in [-0.25, -0.2) is 13.6 Å². The first-order valence-electron chi connectivity index (χ1n) is 4.95. The van der Waals surface area contributed by atoms with Gasteiger partial charge in [-0.05, 0) is 31.2 Å². The minimum absolute atomic E-state index is 0.0250. The van der Waals surface area contributed by atoms with Gasteiger partial charge in [0.25, 0.3) is 0 Å². The maximum Gasteiger partial charge on any atom is 0.238 e. The number of rotatable bonds is 5. The summed E-state index contributed by atoms with van der Waals surface area (Å²) in [5.74, 6) is 0. The van der Waals surface area contributed by atoms with Gasteiger partial charge in [0.05, 0.1) is 11.5 Å². The molecule has 0 radical (unpaired) electrons. The lowest BCUT2D eigenvalue weighted by Gasteiger charge is -2.21. The largest absolute Gasteiger partial charge is 0.393 e. The van der Waals surface area contributed by atoms with Crippen LogP contribution in [-0.2, 0) is 10.0 Å². The van der Waals surface area contributed by atoms with Gasteiger partial charge in [-0.15, -0.1) is 0 Å². The molecule has 1 unspecified atom stereocenters. The lowest BCUT2D eigenvalue weighted by Crippen LogP contribution is -2.37. The summed E-state index contributed by atoms with van der Waals surface area (Å²) in [6.45, 7) is 1.27. The summed E-state index contributed by atoms with van der Waals surface area (Å²) in [5, 5.41) is 26.2. The Balaban J connectivity index is 2.70. The summed E-state index contributed by atoms with van der Waals surface area (Å²) >= 11 is 0. The molecule has 96 valence electrons. The maximum absolute atomic E-state index is 11.0. The van der Waals surface area contributed by atoms with Gasteiger partial charge in [0.15, 0.2) is 0 Å². The van der Waals surface area contributed by atoms with Crippen LogP contribution >= 0.6 is 0 Å². The van der Waals surface area contributed by atoms with Crippen molar-refractivity contribution in [3.63, 3.8) is 0 Å². The number of aliphatic hydroxyl groups is 2. The molecule has 0 amide bonds. The smallest absolute Gasteiger partial charge is 0.238 e. The summed E-state index contributed by atoms with van der Waals surface area (Å²) in [4.78, 5) is 0.0250. The van der Waals surface area contributed by atoms with E-state index in [0.29, 0.717) is 5.69 Å². The Morgan fingerprint density at radius 1 is 1.35 bits per heavy atom. The first-order chi connectivity index (χ1) is 7.74. The third kappa shape index (κ3) is 4.31. The zero-order valence-corrected chi connectivity index (χ0v) is 10.2. The summed E-state index contributed by atoms with van der Waals surface area (Å²) in [7, 11) is -3.68. The van der Waals surface area contributed by atoms with Crippen molar-refractivity contribution in [2.75, 3.05) is 18.5 Å². The Morgan fingerprint density at radius 2 is 1.88 bits per heavy atom. The second-order valence-electron chi connectivity index (χ2n) is 4.08. The minimum atomic E-state index is -3.68. The molecule has 1 rings (SSSR count). The van der Waals surface area contributed by atoms with Gasteiger partial charge in [0, 0.05) is 12.2 Å². The molecule has 0 aliphatic rings. The highest BCUT2D eigenvalue weighted by Gasteiger charge is 2.18. The van der Waals surface area contributed by atoms with Gasteiger partial charge in [-0.3, -0.25) is 0 Å². The Hall–Kier alpha value is -1.15. The topological polar surface area (TPSA) is 113 Å². The van der Waals surface area contributed by atoms with Crippen LogP contribution in [0.15, 0.2) is 29.2 Å². The van der Waals surface area contributed by atoms with Gasteiger partial charge in [-0.2, -0.15) is 0 Å². The molecule has 0 saturated heterocycles. The van der Waals surface area contributed by atoms with Gasteiger partial charge >= 0.3 is 0 Å². The van der Waals surface area contributed by atoms with Crippen molar-refractivity contribution in [3.05, 3.63) is 24.3 Å². The molecular formula is C10H16N2O4S. The van der Waals surface area contributed by atoms with E-state index in [4.69, 9.17) is 10.2 Å². The molecule has 0 aliphatic carbocycles. The number of nitrogens with one attached hydrogen (secondary N) is 1. The van der Waals surface area contributed by atoms with Crippen LogP contribution in [0.2, 0.25) is 0 Å². The monoisotopic (exact) mass is 260 g/mol. The molecule has 1 aromatic carbocycles. The molecule has 1 atom stereocenters. The highest BCUT2D eigenvalue weighted by atomic mass is 32.2. The van der Waals surface area contributed by atoms with Crippen molar-refractivity contribution < 1.29 is 18.6 Å². The number of benzene rings is 1. The van der Waals surface area contributed by atoms with E-state index in [1.807, 2.05) is 0 Å². The molecule has 5 N–H and O–H groups in total. The molecule has 0 aliphatic heterocycles. The molecule has 0 saturated carbocycles. The maximum atomic E-state index is 11.0. The normalized spacial score (nSPS) is 15.3. The lowest BCUT2D eigenvalue weighted by atomic mass is 10.1. The summed E-state index contributed by atoms with van der Waals surface area (Å²) in [6, 6.07) is 5.80. The Labute approximate surface area is 100 Å². The quantitative estimate of drug-likeness (QED) is 0.569. The van der Waals surface area contributed by atoms with Gasteiger partial charge in [-0.1, -0.05) is 0 Å². The first kappa shape index (κ1) is 13.9. The predicted octanol–water partition coefficient (Wildman–Crippen LogP) is -0.511. The molecule has 6 nitrogen and oxygen atoms in total. The van der Waals surface area contributed by atoms with Crippen LogP contribution in [0.1, 0.15) is 6.92 Å². The molecule has 0 bridgehead atoms. The van der Waals surface area contributed by atoms with Crippen LogP contribution in [0, 0.1) is 0 Å². The zero-order valence-electron chi connectivity index (χ0n) is 9.42. The number of nitrogens with two attached hydrogens (primary N) is 1. The molecule has 1 aromatic rings. The van der Waals surface area contributed by atoms with E-state index in [9.17, 15) is 13.5 Å². The Kier molecular flexibility index (Phi) is 4.10. The fourth-order valence-electron chi connectivity index (χ4n) is 1.11. The Bertz CT molecular complexity index is 468. The number of hydrogen-bond acceptors (Lipinski definition) is 5. The summed E-state index contributed by atoms with van der Waals surface area (Å²) in [6.07, 6.45) is 0. The third-order valence-electron chi connectivity index (χ3n) is 2.20. The molecule has 7 heteroatoms. The molecule has 0 spiro atoms. The predicted molar refractivity (Wildman–Crippen MR) is 64.0 cm³/mol. The van der Waals surface area contributed by atoms with Gasteiger partial charge in [0.2, 0.25) is 10.0 Å². The van der Waals surface area contributed by atoms with Crippen LogP contribution in [0.4, 0.5) is 5.69 Å². The highest BCUT2D eigenvalue weighted by Crippen LogP contribution is 2.13. The molecule has 0 heterocycles. The van der Waals surface area contributed by atoms with E-state index in [2.05, 4.69) is 5.32 Å². The van der Waals surface area contributed by atoms with Crippen molar-refractivity contribution in [2.24, 2.45) is 5.14 Å². The molecule has 0 fully saturated rings. The van der Waals surface area contributed by atoms with E-state index in [-0.39, 0.29) is 18.0 Å². The van der Waals surface area contributed by atoms with E-state index in [0.717, 1.165) is 0 Å². The van der Waals surface area contributed by atoms with Crippen molar-refractivity contribution in [1.29, 1.82) is 0 Å². The highest BCUT2D eigenvalue weighted by molar-refractivity contribution is 7.89. The number of primary sulfonamides is 1. The van der Waals surface area contributed by atoms with Crippen molar-refractivity contribution >= 4 is 15.7 Å². The molecule has 17 heavy (non-hydrogen) atoms. The minimum Gasteiger partial charge on any atom is -0.393 e. The van der Waals surface area contributed by atoms with Crippen LogP contribution in [0.25, 0.3) is 0 Å². The average Bonchev–Trinajstić information content (AvgIpc) is 2.26. The van der Waals surface area contributed by atoms with Crippen LogP contribution in [0.3, 0.4) is 0 Å². The number of aliphatic hydroxyl groups excluding tert-OH is 1. The average molecular weight is 260 g/mol. The van der Waals surface area contributed by atoms with Gasteiger partial charge in [0.1, 0.15) is 5.60 Å². The van der Waals surface area contributed by atoms with E-state index in [1.54, 1.807) is 0 Å². The second-order valence-corrected chi connectivity index (χ2v) is 5.64. The van der Waals surface area contributed by atoms with Crippen LogP contribution in [0.5, 0.6) is 0 Å². The number of sulfonamides is 1. The Morgan fingerprint density at radius 3 is 2.29 bits per heavy atom. The zero-order chi connectivity index (χ0) is 13.1. The van der Waals surface area contributed by atoms with Crippen molar-refractivity contribution in [2.45, 2.75) is 17.4 Å². The number of anilines is 1. The van der Waals surface area contributed by atoms with E-state index in [1.165, 1.54) is 31.2 Å². The van der Waals surface area contributed by atoms with Gasteiger partial charge < -0.3 is 15.5 Å². The second kappa shape index (κ2) is 5.01. The standard InChI is InChI=1S/C10H16N2O4S/c1-10(14,7-13)6-12-8-2-4-9(5-3-8)17(11,15)16/h2-5,12-14H,6-7H2,1H3,(H2,11,15,16). The van der Waals surface area contributed by atoms with Crippen molar-refractivity contribution in [3.8, 4) is 0 Å².